The lowest BCUT2D eigenvalue weighted by Crippen LogP contribution is -2.40. The van der Waals surface area contributed by atoms with Crippen molar-refractivity contribution in [2.24, 2.45) is 12.0 Å². The molecule has 1 unspecified atom stereocenters. The molecule has 2 rings (SSSR count). The van der Waals surface area contributed by atoms with E-state index in [9.17, 15) is 13.9 Å². The van der Waals surface area contributed by atoms with Gasteiger partial charge in [-0.2, -0.15) is 5.10 Å². The van der Waals surface area contributed by atoms with E-state index in [1.165, 1.54) is 6.07 Å². The first-order valence-corrected chi connectivity index (χ1v) is 8.63. The van der Waals surface area contributed by atoms with Gasteiger partial charge in [0.25, 0.3) is 0 Å². The Kier molecular flexibility index (Phi) is 9.59. The average Bonchev–Trinajstić information content (AvgIpc) is 3.05. The topological polar surface area (TPSA) is 83.7 Å². The second-order valence-electron chi connectivity index (χ2n) is 6.22. The molecule has 2 aromatic rings. The van der Waals surface area contributed by atoms with Crippen LogP contribution in [-0.4, -0.2) is 47.1 Å². The third kappa shape index (κ3) is 7.23. The van der Waals surface area contributed by atoms with Gasteiger partial charge in [0.15, 0.2) is 17.5 Å². The van der Waals surface area contributed by atoms with Gasteiger partial charge in [0, 0.05) is 31.4 Å². The number of benzene rings is 1. The van der Waals surface area contributed by atoms with Crippen LogP contribution in [0.2, 0.25) is 0 Å². The van der Waals surface area contributed by atoms with Crippen molar-refractivity contribution in [3.05, 3.63) is 47.8 Å². The lowest BCUT2D eigenvalue weighted by atomic mass is 10.0. The number of aromatic nitrogens is 2. The normalized spacial score (nSPS) is 13.4. The largest absolute Gasteiger partial charge is 0.489 e. The van der Waals surface area contributed by atoms with Crippen LogP contribution in [0.1, 0.15) is 19.4 Å². The van der Waals surface area contributed by atoms with Crippen molar-refractivity contribution < 1.29 is 18.6 Å². The Labute approximate surface area is 180 Å². The molecule has 0 saturated carbocycles. The number of aliphatic imine (C=N–C) groups is 1. The number of aliphatic hydroxyl groups is 1. The summed E-state index contributed by atoms with van der Waals surface area (Å²) in [5.41, 5.74) is -0.496. The summed E-state index contributed by atoms with van der Waals surface area (Å²) in [6.45, 7) is 4.85. The van der Waals surface area contributed by atoms with E-state index in [1.807, 2.05) is 6.92 Å². The van der Waals surface area contributed by atoms with E-state index in [4.69, 9.17) is 4.74 Å². The summed E-state index contributed by atoms with van der Waals surface area (Å²) in [4.78, 5) is 4.37. The maximum Gasteiger partial charge on any atom is 0.191 e. The van der Waals surface area contributed by atoms with E-state index in [0.717, 1.165) is 12.1 Å². The summed E-state index contributed by atoms with van der Waals surface area (Å²) in [6, 6.07) is 3.15. The Morgan fingerprint density at radius 3 is 2.71 bits per heavy atom. The fourth-order valence-corrected chi connectivity index (χ4v) is 2.29. The van der Waals surface area contributed by atoms with Crippen LogP contribution < -0.4 is 15.4 Å². The van der Waals surface area contributed by atoms with Gasteiger partial charge in [0.2, 0.25) is 0 Å². The number of nitrogens with one attached hydrogen (secondary N) is 2. The van der Waals surface area contributed by atoms with E-state index in [1.54, 1.807) is 31.0 Å². The van der Waals surface area contributed by atoms with Gasteiger partial charge >= 0.3 is 0 Å². The Hall–Kier alpha value is -1.95. The minimum atomic E-state index is -1.16. The van der Waals surface area contributed by atoms with E-state index >= 15 is 0 Å². The monoisotopic (exact) mass is 509 g/mol. The Bertz CT molecular complexity index is 783. The van der Waals surface area contributed by atoms with Crippen molar-refractivity contribution >= 4 is 29.9 Å². The molecule has 0 spiro atoms. The molecule has 0 aliphatic rings. The van der Waals surface area contributed by atoms with Gasteiger partial charge in [-0.25, -0.2) is 13.8 Å². The third-order valence-electron chi connectivity index (χ3n) is 3.76. The number of guanidine groups is 1. The first-order chi connectivity index (χ1) is 12.8. The molecule has 0 aliphatic carbocycles. The van der Waals surface area contributed by atoms with Crippen LogP contribution >= 0.6 is 24.0 Å². The highest BCUT2D eigenvalue weighted by molar-refractivity contribution is 14.0. The first kappa shape index (κ1) is 24.1. The summed E-state index contributed by atoms with van der Waals surface area (Å²) >= 11 is 0. The van der Waals surface area contributed by atoms with Crippen LogP contribution in [0.4, 0.5) is 8.78 Å². The van der Waals surface area contributed by atoms with Gasteiger partial charge in [0.05, 0.1) is 19.3 Å². The first-order valence-electron chi connectivity index (χ1n) is 8.63. The molecule has 28 heavy (non-hydrogen) atoms. The van der Waals surface area contributed by atoms with Gasteiger partial charge in [-0.05, 0) is 26.0 Å². The Morgan fingerprint density at radius 1 is 1.36 bits per heavy atom. The van der Waals surface area contributed by atoms with Crippen molar-refractivity contribution in [2.75, 3.05) is 26.2 Å². The van der Waals surface area contributed by atoms with Gasteiger partial charge in [-0.1, -0.05) is 0 Å². The standard InChI is InChI=1S/C18H25F2N5O2.HI/c1-4-21-17(23-12-18(2,26)13-10-24-25(3)11-13)22-7-8-27-16-6-5-14(19)9-15(16)20;/h5-6,9-11,26H,4,7-8,12H2,1-3H3,(H2,21,22,23);1H. The van der Waals surface area contributed by atoms with Crippen LogP contribution in [0.3, 0.4) is 0 Å². The van der Waals surface area contributed by atoms with Gasteiger partial charge in [0.1, 0.15) is 18.0 Å². The van der Waals surface area contributed by atoms with Gasteiger partial charge in [-0.15, -0.1) is 24.0 Å². The van der Waals surface area contributed by atoms with E-state index in [0.29, 0.717) is 24.6 Å². The zero-order valence-corrected chi connectivity index (χ0v) is 18.4. The maximum absolute atomic E-state index is 13.5. The molecule has 0 amide bonds. The van der Waals surface area contributed by atoms with Crippen LogP contribution in [0.25, 0.3) is 0 Å². The van der Waals surface area contributed by atoms with Crippen molar-refractivity contribution in [1.29, 1.82) is 0 Å². The highest BCUT2D eigenvalue weighted by atomic mass is 127. The van der Waals surface area contributed by atoms with Crippen molar-refractivity contribution in [3.63, 3.8) is 0 Å². The maximum atomic E-state index is 13.5. The highest BCUT2D eigenvalue weighted by Gasteiger charge is 2.24. The SMILES string of the molecule is CCNC(=NCC(C)(O)c1cnn(C)c1)NCCOc1ccc(F)cc1F.I. The molecular formula is C18H26F2IN5O2. The number of rotatable bonds is 8. The molecule has 1 aromatic carbocycles. The number of nitrogens with zero attached hydrogens (tertiary/aromatic N) is 3. The van der Waals surface area contributed by atoms with Crippen LogP contribution in [-0.2, 0) is 12.6 Å². The lowest BCUT2D eigenvalue weighted by molar-refractivity contribution is 0.0672. The molecule has 0 fully saturated rings. The van der Waals surface area contributed by atoms with Crippen molar-refractivity contribution in [2.45, 2.75) is 19.4 Å². The molecule has 1 heterocycles. The number of hydrogen-bond acceptors (Lipinski definition) is 4. The Balaban J connectivity index is 0.00000392. The number of halogens is 3. The number of ether oxygens (including phenoxy) is 1. The second kappa shape index (κ2) is 11.1. The second-order valence-corrected chi connectivity index (χ2v) is 6.22. The minimum Gasteiger partial charge on any atom is -0.489 e. The Morgan fingerprint density at radius 2 is 2.11 bits per heavy atom. The smallest absolute Gasteiger partial charge is 0.191 e. The van der Waals surface area contributed by atoms with Gasteiger partial charge < -0.3 is 20.5 Å². The molecule has 0 aliphatic heterocycles. The molecule has 0 bridgehead atoms. The fourth-order valence-electron chi connectivity index (χ4n) is 2.29. The van der Waals surface area contributed by atoms with Crippen molar-refractivity contribution in [1.82, 2.24) is 20.4 Å². The zero-order valence-electron chi connectivity index (χ0n) is 16.1. The predicted octanol–water partition coefficient (Wildman–Crippen LogP) is 2.16. The zero-order chi connectivity index (χ0) is 19.9. The predicted molar refractivity (Wildman–Crippen MR) is 114 cm³/mol. The van der Waals surface area contributed by atoms with Crippen LogP contribution in [0, 0.1) is 11.6 Å². The molecule has 156 valence electrons. The molecule has 7 nitrogen and oxygen atoms in total. The molecule has 0 radical (unpaired) electrons. The van der Waals surface area contributed by atoms with Crippen LogP contribution in [0.5, 0.6) is 5.75 Å². The van der Waals surface area contributed by atoms with Gasteiger partial charge in [-0.3, -0.25) is 4.68 Å². The fraction of sp³-hybridized carbons (Fsp3) is 0.444. The molecule has 1 atom stereocenters. The van der Waals surface area contributed by atoms with Crippen LogP contribution in [0.15, 0.2) is 35.6 Å². The highest BCUT2D eigenvalue weighted by Crippen LogP contribution is 2.20. The summed E-state index contributed by atoms with van der Waals surface area (Å²) in [7, 11) is 1.78. The minimum absolute atomic E-state index is 0. The summed E-state index contributed by atoms with van der Waals surface area (Å²) < 4.78 is 33.3. The molecule has 0 saturated heterocycles. The van der Waals surface area contributed by atoms with Crippen molar-refractivity contribution in [3.8, 4) is 5.75 Å². The lowest BCUT2D eigenvalue weighted by Gasteiger charge is -2.20. The molecule has 1 aromatic heterocycles. The van der Waals surface area contributed by atoms with E-state index < -0.39 is 17.2 Å². The molecule has 10 heteroatoms. The third-order valence-corrected chi connectivity index (χ3v) is 3.76. The molecular weight excluding hydrogens is 483 g/mol. The summed E-state index contributed by atoms with van der Waals surface area (Å²) in [5.74, 6) is -0.923. The van der Waals surface area contributed by atoms with E-state index in [-0.39, 0.29) is 42.9 Å². The number of aryl methyl sites for hydroxylation is 1. The summed E-state index contributed by atoms with van der Waals surface area (Å²) in [6.07, 6.45) is 3.34. The quantitative estimate of drug-likeness (QED) is 0.220. The summed E-state index contributed by atoms with van der Waals surface area (Å²) in [5, 5.41) is 20.7. The average molecular weight is 509 g/mol. The number of hydrogen-bond donors (Lipinski definition) is 3. The molecule has 3 N–H and O–H groups in total. The van der Waals surface area contributed by atoms with E-state index in [2.05, 4.69) is 20.7 Å².